The van der Waals surface area contributed by atoms with Gasteiger partial charge in [0.25, 0.3) is 5.91 Å². The summed E-state index contributed by atoms with van der Waals surface area (Å²) < 4.78 is 17.4. The molecule has 0 aliphatic carbocycles. The van der Waals surface area contributed by atoms with Crippen molar-refractivity contribution in [3.8, 4) is 0 Å². The molecule has 0 radical (unpaired) electrons. The SMILES string of the molecule is COC(=O)CNC(=O)c1ccccc1F. The summed E-state index contributed by atoms with van der Waals surface area (Å²) in [6.45, 7) is -0.274. The fourth-order valence-corrected chi connectivity index (χ4v) is 0.965. The number of amides is 1. The Labute approximate surface area is 86.0 Å². The van der Waals surface area contributed by atoms with Gasteiger partial charge in [0.15, 0.2) is 0 Å². The monoisotopic (exact) mass is 211 g/mol. The van der Waals surface area contributed by atoms with Crippen molar-refractivity contribution >= 4 is 11.9 Å². The van der Waals surface area contributed by atoms with Crippen molar-refractivity contribution < 1.29 is 18.7 Å². The molecule has 0 spiro atoms. The molecule has 1 N–H and O–H groups in total. The van der Waals surface area contributed by atoms with Crippen molar-refractivity contribution in [2.45, 2.75) is 0 Å². The van der Waals surface area contributed by atoms with E-state index in [0.29, 0.717) is 0 Å². The van der Waals surface area contributed by atoms with Gasteiger partial charge in [-0.25, -0.2) is 4.39 Å². The number of hydrogen-bond acceptors (Lipinski definition) is 3. The van der Waals surface area contributed by atoms with E-state index in [-0.39, 0.29) is 12.1 Å². The molecule has 0 atom stereocenters. The Bertz CT molecular complexity index is 379. The Kier molecular flexibility index (Phi) is 3.79. The minimum absolute atomic E-state index is 0.0959. The summed E-state index contributed by atoms with van der Waals surface area (Å²) in [4.78, 5) is 22.0. The molecule has 1 aromatic carbocycles. The van der Waals surface area contributed by atoms with E-state index < -0.39 is 17.7 Å². The molecule has 0 unspecified atom stereocenters. The molecule has 0 fully saturated rings. The third-order valence-corrected chi connectivity index (χ3v) is 1.74. The molecule has 4 nitrogen and oxygen atoms in total. The molecule has 0 saturated carbocycles. The topological polar surface area (TPSA) is 55.4 Å². The van der Waals surface area contributed by atoms with Gasteiger partial charge < -0.3 is 10.1 Å². The molecule has 5 heteroatoms. The number of ether oxygens (including phenoxy) is 1. The van der Waals surface area contributed by atoms with Gasteiger partial charge in [-0.1, -0.05) is 12.1 Å². The number of benzene rings is 1. The fraction of sp³-hybridized carbons (Fsp3) is 0.200. The third kappa shape index (κ3) is 3.05. The lowest BCUT2D eigenvalue weighted by Crippen LogP contribution is -2.30. The van der Waals surface area contributed by atoms with Gasteiger partial charge in [-0.05, 0) is 12.1 Å². The van der Waals surface area contributed by atoms with Gasteiger partial charge in [0, 0.05) is 0 Å². The molecule has 1 aromatic rings. The van der Waals surface area contributed by atoms with Gasteiger partial charge in [0.1, 0.15) is 12.4 Å². The minimum atomic E-state index is -0.640. The zero-order valence-corrected chi connectivity index (χ0v) is 8.12. The molecule has 80 valence electrons. The fourth-order valence-electron chi connectivity index (χ4n) is 0.965. The highest BCUT2D eigenvalue weighted by Crippen LogP contribution is 2.05. The molecule has 0 aliphatic rings. The molecular formula is C10H10FNO3. The summed E-state index contributed by atoms with van der Waals surface area (Å²) in [5.41, 5.74) is -0.0959. The van der Waals surface area contributed by atoms with Crippen molar-refractivity contribution in [3.05, 3.63) is 35.6 Å². The van der Waals surface area contributed by atoms with Gasteiger partial charge in [0.2, 0.25) is 0 Å². The van der Waals surface area contributed by atoms with Gasteiger partial charge in [-0.3, -0.25) is 9.59 Å². The third-order valence-electron chi connectivity index (χ3n) is 1.74. The van der Waals surface area contributed by atoms with E-state index in [2.05, 4.69) is 10.1 Å². The molecule has 15 heavy (non-hydrogen) atoms. The molecule has 0 heterocycles. The first-order valence-electron chi connectivity index (χ1n) is 4.24. The highest BCUT2D eigenvalue weighted by atomic mass is 19.1. The van der Waals surface area contributed by atoms with Crippen LogP contribution in [0.2, 0.25) is 0 Å². The van der Waals surface area contributed by atoms with Crippen molar-refractivity contribution in [3.63, 3.8) is 0 Å². The van der Waals surface area contributed by atoms with Crippen LogP contribution in [0.4, 0.5) is 4.39 Å². The molecular weight excluding hydrogens is 201 g/mol. The Balaban J connectivity index is 2.62. The zero-order chi connectivity index (χ0) is 11.3. The number of carbonyl (C=O) groups is 2. The molecule has 0 aliphatic heterocycles. The van der Waals surface area contributed by atoms with E-state index in [1.807, 2.05) is 0 Å². The first-order valence-corrected chi connectivity index (χ1v) is 4.24. The summed E-state index contributed by atoms with van der Waals surface area (Å²) in [5, 5.41) is 2.24. The standard InChI is InChI=1S/C10H10FNO3/c1-15-9(13)6-12-10(14)7-4-2-3-5-8(7)11/h2-5H,6H2,1H3,(H,12,14). The molecule has 0 bridgehead atoms. The van der Waals surface area contributed by atoms with Gasteiger partial charge in [0.05, 0.1) is 12.7 Å². The maximum absolute atomic E-state index is 13.1. The van der Waals surface area contributed by atoms with Gasteiger partial charge in [-0.15, -0.1) is 0 Å². The molecule has 0 saturated heterocycles. The van der Waals surface area contributed by atoms with Crippen LogP contribution in [0.3, 0.4) is 0 Å². The van der Waals surface area contributed by atoms with Crippen LogP contribution >= 0.6 is 0 Å². The summed E-state index contributed by atoms with van der Waals surface area (Å²) in [5.74, 6) is -1.85. The zero-order valence-electron chi connectivity index (χ0n) is 8.12. The maximum atomic E-state index is 13.1. The van der Waals surface area contributed by atoms with E-state index in [0.717, 1.165) is 0 Å². The summed E-state index contributed by atoms with van der Waals surface area (Å²) in [6.07, 6.45) is 0. The number of rotatable bonds is 3. The van der Waals surface area contributed by atoms with E-state index in [4.69, 9.17) is 0 Å². The molecule has 0 aromatic heterocycles. The number of esters is 1. The average molecular weight is 211 g/mol. The number of nitrogens with one attached hydrogen (secondary N) is 1. The lowest BCUT2D eigenvalue weighted by atomic mass is 10.2. The summed E-state index contributed by atoms with van der Waals surface area (Å²) in [6, 6.07) is 5.53. The Morgan fingerprint density at radius 1 is 1.40 bits per heavy atom. The maximum Gasteiger partial charge on any atom is 0.325 e. The van der Waals surface area contributed by atoms with Crippen LogP contribution in [0, 0.1) is 5.82 Å². The van der Waals surface area contributed by atoms with Crippen molar-refractivity contribution in [1.29, 1.82) is 0 Å². The predicted molar refractivity (Wildman–Crippen MR) is 50.7 cm³/mol. The average Bonchev–Trinajstić information content (AvgIpc) is 2.26. The lowest BCUT2D eigenvalue weighted by Gasteiger charge is -2.04. The largest absolute Gasteiger partial charge is 0.468 e. The van der Waals surface area contributed by atoms with Crippen LogP contribution in [0.25, 0.3) is 0 Å². The normalized spacial score (nSPS) is 9.47. The van der Waals surface area contributed by atoms with Crippen LogP contribution in [-0.2, 0) is 9.53 Å². The first-order chi connectivity index (χ1) is 7.15. The highest BCUT2D eigenvalue weighted by Gasteiger charge is 2.11. The summed E-state index contributed by atoms with van der Waals surface area (Å²) in [7, 11) is 1.21. The number of hydrogen-bond donors (Lipinski definition) is 1. The second-order valence-corrected chi connectivity index (χ2v) is 2.74. The summed E-state index contributed by atoms with van der Waals surface area (Å²) >= 11 is 0. The smallest absolute Gasteiger partial charge is 0.325 e. The van der Waals surface area contributed by atoms with Gasteiger partial charge in [-0.2, -0.15) is 0 Å². The van der Waals surface area contributed by atoms with Gasteiger partial charge >= 0.3 is 5.97 Å². The minimum Gasteiger partial charge on any atom is -0.468 e. The first kappa shape index (κ1) is 11.2. The second kappa shape index (κ2) is 5.09. The Hall–Kier alpha value is -1.91. The van der Waals surface area contributed by atoms with Crippen LogP contribution in [0.1, 0.15) is 10.4 Å². The van der Waals surface area contributed by atoms with Crippen molar-refractivity contribution in [1.82, 2.24) is 5.32 Å². The number of halogens is 1. The second-order valence-electron chi connectivity index (χ2n) is 2.74. The number of methoxy groups -OCH3 is 1. The Morgan fingerprint density at radius 3 is 2.67 bits per heavy atom. The van der Waals surface area contributed by atoms with Crippen LogP contribution in [0.5, 0.6) is 0 Å². The lowest BCUT2D eigenvalue weighted by molar-refractivity contribution is -0.139. The van der Waals surface area contributed by atoms with E-state index >= 15 is 0 Å². The predicted octanol–water partition coefficient (Wildman–Crippen LogP) is 0.728. The number of carbonyl (C=O) groups excluding carboxylic acids is 2. The molecule has 1 amide bonds. The molecule has 1 rings (SSSR count). The Morgan fingerprint density at radius 2 is 2.07 bits per heavy atom. The van der Waals surface area contributed by atoms with Crippen LogP contribution in [0.15, 0.2) is 24.3 Å². The van der Waals surface area contributed by atoms with E-state index in [9.17, 15) is 14.0 Å². The highest BCUT2D eigenvalue weighted by molar-refractivity contribution is 5.96. The van der Waals surface area contributed by atoms with E-state index in [1.54, 1.807) is 0 Å². The van der Waals surface area contributed by atoms with E-state index in [1.165, 1.54) is 31.4 Å². The van der Waals surface area contributed by atoms with Crippen LogP contribution in [-0.4, -0.2) is 25.5 Å². The van der Waals surface area contributed by atoms with Crippen LogP contribution < -0.4 is 5.32 Å². The quantitative estimate of drug-likeness (QED) is 0.750. The van der Waals surface area contributed by atoms with Crippen molar-refractivity contribution in [2.75, 3.05) is 13.7 Å². The van der Waals surface area contributed by atoms with Crippen molar-refractivity contribution in [2.24, 2.45) is 0 Å².